The molecule has 0 unspecified atom stereocenters. The Kier molecular flexibility index (Phi) is 5.40. The molecule has 0 heterocycles. The van der Waals surface area contributed by atoms with Gasteiger partial charge in [-0.05, 0) is 25.0 Å². The predicted octanol–water partition coefficient (Wildman–Crippen LogP) is 2.51. The molecule has 1 amide bonds. The molecule has 0 radical (unpaired) electrons. The van der Waals surface area contributed by atoms with Crippen LogP contribution in [0.2, 0.25) is 0 Å². The molecule has 0 aromatic carbocycles. The number of carbonyl (C=O) groups excluding carboxylic acids is 2. The van der Waals surface area contributed by atoms with E-state index in [9.17, 15) is 9.59 Å². The molecule has 17 heavy (non-hydrogen) atoms. The van der Waals surface area contributed by atoms with Crippen LogP contribution in [0.4, 0.5) is 0 Å². The van der Waals surface area contributed by atoms with E-state index in [0.29, 0.717) is 0 Å². The van der Waals surface area contributed by atoms with Crippen LogP contribution in [0, 0.1) is 5.92 Å². The molecule has 3 nitrogen and oxygen atoms in total. The quantitative estimate of drug-likeness (QED) is 0.742. The zero-order chi connectivity index (χ0) is 12.7. The summed E-state index contributed by atoms with van der Waals surface area (Å²) in [6.45, 7) is 3.68. The van der Waals surface area contributed by atoms with E-state index in [0.717, 1.165) is 18.5 Å². The Bertz CT molecular complexity index is 376. The summed E-state index contributed by atoms with van der Waals surface area (Å²) in [5.74, 6) is -0.0523. The molecule has 0 fully saturated rings. The Morgan fingerprint density at radius 2 is 2.18 bits per heavy atom. The van der Waals surface area contributed by atoms with Gasteiger partial charge in [0.05, 0.1) is 0 Å². The van der Waals surface area contributed by atoms with Crippen LogP contribution in [0.25, 0.3) is 0 Å². The molecule has 0 bridgehead atoms. The highest BCUT2D eigenvalue weighted by Crippen LogP contribution is 2.06. The first-order valence-corrected chi connectivity index (χ1v) is 5.96. The smallest absolute Gasteiger partial charge is 0.228 e. The standard InChI is InChI=1S/C14H19NO2/c1-11(2)13(16)9-6-10-14(17)15-12-7-4-3-5-8-12/h4,6-9,11H,3,5,10H2,1-2H3,(H,15,17)/b9-6+. The Morgan fingerprint density at radius 1 is 1.41 bits per heavy atom. The molecule has 1 rings (SSSR count). The molecule has 1 N–H and O–H groups in total. The highest BCUT2D eigenvalue weighted by atomic mass is 16.1. The van der Waals surface area contributed by atoms with Gasteiger partial charge in [-0.1, -0.05) is 32.1 Å². The summed E-state index contributed by atoms with van der Waals surface area (Å²) in [4.78, 5) is 22.8. The van der Waals surface area contributed by atoms with Crippen LogP contribution in [0.15, 0.2) is 36.1 Å². The first-order chi connectivity index (χ1) is 8.09. The SMILES string of the molecule is CC(C)C(=O)/C=C/CC(=O)NC1=CCCC=C1. The number of ketones is 1. The summed E-state index contributed by atoms with van der Waals surface area (Å²) in [6.07, 6.45) is 11.3. The summed E-state index contributed by atoms with van der Waals surface area (Å²) in [5, 5.41) is 2.79. The fourth-order valence-electron chi connectivity index (χ4n) is 1.39. The zero-order valence-electron chi connectivity index (χ0n) is 10.4. The Balaban J connectivity index is 2.33. The minimum Gasteiger partial charge on any atom is -0.326 e. The summed E-state index contributed by atoms with van der Waals surface area (Å²) >= 11 is 0. The topological polar surface area (TPSA) is 46.2 Å². The van der Waals surface area contributed by atoms with Gasteiger partial charge in [-0.3, -0.25) is 9.59 Å². The summed E-state index contributed by atoms with van der Waals surface area (Å²) in [6, 6.07) is 0. The first-order valence-electron chi connectivity index (χ1n) is 5.96. The van der Waals surface area contributed by atoms with Crippen LogP contribution in [0.3, 0.4) is 0 Å². The lowest BCUT2D eigenvalue weighted by molar-refractivity contribution is -0.119. The van der Waals surface area contributed by atoms with Crippen molar-refractivity contribution in [2.24, 2.45) is 5.92 Å². The van der Waals surface area contributed by atoms with Gasteiger partial charge in [0.1, 0.15) is 0 Å². The lowest BCUT2D eigenvalue weighted by atomic mass is 10.1. The molecule has 0 spiro atoms. The van der Waals surface area contributed by atoms with Gasteiger partial charge < -0.3 is 5.32 Å². The van der Waals surface area contributed by atoms with E-state index >= 15 is 0 Å². The number of rotatable bonds is 5. The molecule has 0 saturated carbocycles. The monoisotopic (exact) mass is 233 g/mol. The Labute approximate surface area is 102 Å². The van der Waals surface area contributed by atoms with Crippen molar-refractivity contribution >= 4 is 11.7 Å². The predicted molar refractivity (Wildman–Crippen MR) is 68.2 cm³/mol. The fraction of sp³-hybridized carbons (Fsp3) is 0.429. The van der Waals surface area contributed by atoms with E-state index in [1.165, 1.54) is 6.08 Å². The Morgan fingerprint density at radius 3 is 2.76 bits per heavy atom. The van der Waals surface area contributed by atoms with Gasteiger partial charge in [-0.2, -0.15) is 0 Å². The van der Waals surface area contributed by atoms with Crippen LogP contribution >= 0.6 is 0 Å². The summed E-state index contributed by atoms with van der Waals surface area (Å²) in [5.41, 5.74) is 0.852. The number of allylic oxidation sites excluding steroid dienone is 4. The number of hydrogen-bond donors (Lipinski definition) is 1. The molecule has 0 aromatic heterocycles. The lowest BCUT2D eigenvalue weighted by Crippen LogP contribution is -2.21. The first kappa shape index (κ1) is 13.4. The minimum absolute atomic E-state index is 0.0155. The van der Waals surface area contributed by atoms with E-state index in [1.807, 2.05) is 32.1 Å². The molecular formula is C14H19NO2. The average molecular weight is 233 g/mol. The van der Waals surface area contributed by atoms with E-state index < -0.39 is 0 Å². The maximum atomic E-state index is 11.5. The second-order valence-electron chi connectivity index (χ2n) is 4.35. The van der Waals surface area contributed by atoms with E-state index in [1.54, 1.807) is 6.08 Å². The van der Waals surface area contributed by atoms with E-state index in [-0.39, 0.29) is 24.0 Å². The van der Waals surface area contributed by atoms with Crippen molar-refractivity contribution in [3.63, 3.8) is 0 Å². The van der Waals surface area contributed by atoms with E-state index in [2.05, 4.69) is 5.32 Å². The molecule has 0 saturated heterocycles. The van der Waals surface area contributed by atoms with Gasteiger partial charge in [-0.15, -0.1) is 0 Å². The van der Waals surface area contributed by atoms with Crippen LogP contribution in [-0.4, -0.2) is 11.7 Å². The molecule has 1 aliphatic carbocycles. The highest BCUT2D eigenvalue weighted by molar-refractivity contribution is 5.92. The highest BCUT2D eigenvalue weighted by Gasteiger charge is 2.04. The second-order valence-corrected chi connectivity index (χ2v) is 4.35. The Hall–Kier alpha value is -1.64. The van der Waals surface area contributed by atoms with Crippen molar-refractivity contribution in [3.8, 4) is 0 Å². The summed E-state index contributed by atoms with van der Waals surface area (Å²) < 4.78 is 0. The minimum atomic E-state index is -0.0874. The fourth-order valence-corrected chi connectivity index (χ4v) is 1.39. The number of hydrogen-bond acceptors (Lipinski definition) is 2. The largest absolute Gasteiger partial charge is 0.326 e. The van der Waals surface area contributed by atoms with Gasteiger partial charge in [0.25, 0.3) is 0 Å². The maximum absolute atomic E-state index is 11.5. The van der Waals surface area contributed by atoms with Crippen LogP contribution in [0.5, 0.6) is 0 Å². The van der Waals surface area contributed by atoms with Gasteiger partial charge in [0, 0.05) is 18.0 Å². The van der Waals surface area contributed by atoms with Crippen molar-refractivity contribution in [1.29, 1.82) is 0 Å². The molecule has 1 aliphatic rings. The van der Waals surface area contributed by atoms with Crippen molar-refractivity contribution < 1.29 is 9.59 Å². The molecular weight excluding hydrogens is 214 g/mol. The third kappa shape index (κ3) is 5.29. The zero-order valence-corrected chi connectivity index (χ0v) is 10.4. The summed E-state index contributed by atoms with van der Waals surface area (Å²) in [7, 11) is 0. The number of nitrogens with one attached hydrogen (secondary N) is 1. The van der Waals surface area contributed by atoms with Crippen LogP contribution < -0.4 is 5.32 Å². The third-order valence-corrected chi connectivity index (χ3v) is 2.43. The molecule has 3 heteroatoms. The number of amides is 1. The second kappa shape index (κ2) is 6.84. The van der Waals surface area contributed by atoms with Gasteiger partial charge in [0.15, 0.2) is 5.78 Å². The molecule has 92 valence electrons. The van der Waals surface area contributed by atoms with E-state index in [4.69, 9.17) is 0 Å². The van der Waals surface area contributed by atoms with Crippen LogP contribution in [0.1, 0.15) is 33.1 Å². The van der Waals surface area contributed by atoms with Crippen molar-refractivity contribution in [1.82, 2.24) is 5.32 Å². The third-order valence-electron chi connectivity index (χ3n) is 2.43. The van der Waals surface area contributed by atoms with Crippen molar-refractivity contribution in [3.05, 3.63) is 36.1 Å². The number of carbonyl (C=O) groups is 2. The lowest BCUT2D eigenvalue weighted by Gasteiger charge is -2.07. The van der Waals surface area contributed by atoms with Crippen molar-refractivity contribution in [2.75, 3.05) is 0 Å². The van der Waals surface area contributed by atoms with Gasteiger partial charge >= 0.3 is 0 Å². The molecule has 0 aromatic rings. The van der Waals surface area contributed by atoms with Gasteiger partial charge in [0.2, 0.25) is 5.91 Å². The normalized spacial score (nSPS) is 15.1. The van der Waals surface area contributed by atoms with Gasteiger partial charge in [-0.25, -0.2) is 0 Å². The maximum Gasteiger partial charge on any atom is 0.228 e. The van der Waals surface area contributed by atoms with Crippen molar-refractivity contribution in [2.45, 2.75) is 33.1 Å². The molecule has 0 atom stereocenters. The molecule has 0 aliphatic heterocycles. The average Bonchev–Trinajstić information content (AvgIpc) is 2.30. The van der Waals surface area contributed by atoms with Crippen LogP contribution in [-0.2, 0) is 9.59 Å².